The SMILES string of the molecule is CC(C)(CC(N)(Cc1nc2ccccc2[nH]1)C(F)(F)F)c1ccc(F)cc1O. The van der Waals surface area contributed by atoms with E-state index in [0.717, 1.165) is 12.1 Å². The number of benzene rings is 2. The van der Waals surface area contributed by atoms with Crippen molar-refractivity contribution in [2.24, 2.45) is 5.73 Å². The van der Waals surface area contributed by atoms with Gasteiger partial charge in [0.1, 0.15) is 22.9 Å². The van der Waals surface area contributed by atoms with Crippen LogP contribution in [0.5, 0.6) is 5.75 Å². The van der Waals surface area contributed by atoms with Crippen molar-refractivity contribution in [1.82, 2.24) is 9.97 Å². The topological polar surface area (TPSA) is 74.9 Å². The molecule has 0 aliphatic heterocycles. The number of imidazole rings is 1. The molecule has 2 aromatic carbocycles. The zero-order chi connectivity index (χ0) is 20.7. The summed E-state index contributed by atoms with van der Waals surface area (Å²) in [6.07, 6.45) is -5.81. The van der Waals surface area contributed by atoms with Gasteiger partial charge < -0.3 is 15.8 Å². The number of nitrogens with zero attached hydrogens (tertiary/aromatic N) is 1. The average molecular weight is 395 g/mol. The van der Waals surface area contributed by atoms with E-state index < -0.39 is 41.5 Å². The molecule has 0 aliphatic carbocycles. The number of nitrogens with one attached hydrogen (secondary N) is 1. The number of para-hydroxylation sites is 2. The Bertz CT molecular complexity index is 964. The molecule has 0 saturated carbocycles. The molecule has 1 atom stereocenters. The first-order chi connectivity index (χ1) is 12.9. The van der Waals surface area contributed by atoms with Crippen molar-refractivity contribution < 1.29 is 22.7 Å². The summed E-state index contributed by atoms with van der Waals surface area (Å²) in [5, 5.41) is 10.0. The van der Waals surface area contributed by atoms with Crippen LogP contribution in [0.3, 0.4) is 0 Å². The normalized spacial score (nSPS) is 15.0. The minimum Gasteiger partial charge on any atom is -0.508 e. The highest BCUT2D eigenvalue weighted by atomic mass is 19.4. The summed E-state index contributed by atoms with van der Waals surface area (Å²) >= 11 is 0. The van der Waals surface area contributed by atoms with E-state index in [1.807, 2.05) is 0 Å². The van der Waals surface area contributed by atoms with E-state index in [4.69, 9.17) is 5.73 Å². The molecule has 3 rings (SSSR count). The van der Waals surface area contributed by atoms with Gasteiger partial charge in [-0.25, -0.2) is 9.37 Å². The number of nitrogens with two attached hydrogens (primary N) is 1. The number of hydrogen-bond donors (Lipinski definition) is 3. The lowest BCUT2D eigenvalue weighted by molar-refractivity contribution is -0.191. The van der Waals surface area contributed by atoms with Crippen molar-refractivity contribution in [3.05, 3.63) is 59.7 Å². The van der Waals surface area contributed by atoms with E-state index in [9.17, 15) is 22.7 Å². The molecule has 1 heterocycles. The summed E-state index contributed by atoms with van der Waals surface area (Å²) in [7, 11) is 0. The first kappa shape index (κ1) is 20.1. The molecule has 150 valence electrons. The molecule has 0 amide bonds. The Kier molecular flexibility index (Phi) is 4.87. The third kappa shape index (κ3) is 3.82. The van der Waals surface area contributed by atoms with E-state index >= 15 is 0 Å². The first-order valence-electron chi connectivity index (χ1n) is 8.70. The molecule has 0 radical (unpaired) electrons. The van der Waals surface area contributed by atoms with Gasteiger partial charge in [0.2, 0.25) is 0 Å². The second-order valence-corrected chi connectivity index (χ2v) is 7.75. The van der Waals surface area contributed by atoms with Crippen LogP contribution in [0.1, 0.15) is 31.7 Å². The van der Waals surface area contributed by atoms with Crippen LogP contribution in [-0.2, 0) is 11.8 Å². The molecule has 3 aromatic rings. The number of halogens is 4. The summed E-state index contributed by atoms with van der Waals surface area (Å²) in [5.41, 5.74) is 3.48. The molecule has 28 heavy (non-hydrogen) atoms. The fourth-order valence-corrected chi connectivity index (χ4v) is 3.61. The number of aromatic nitrogens is 2. The van der Waals surface area contributed by atoms with Crippen LogP contribution in [0, 0.1) is 5.82 Å². The molecule has 1 unspecified atom stereocenters. The van der Waals surface area contributed by atoms with Crippen molar-refractivity contribution in [2.75, 3.05) is 0 Å². The second-order valence-electron chi connectivity index (χ2n) is 7.75. The predicted octanol–water partition coefficient (Wildman–Crippen LogP) is 4.58. The van der Waals surface area contributed by atoms with Gasteiger partial charge in [0.15, 0.2) is 0 Å². The third-order valence-corrected chi connectivity index (χ3v) is 4.93. The Morgan fingerprint density at radius 1 is 1.11 bits per heavy atom. The zero-order valence-corrected chi connectivity index (χ0v) is 15.4. The average Bonchev–Trinajstić information content (AvgIpc) is 2.94. The molecular weight excluding hydrogens is 374 g/mol. The molecule has 4 nitrogen and oxygen atoms in total. The van der Waals surface area contributed by atoms with E-state index in [1.54, 1.807) is 24.3 Å². The van der Waals surface area contributed by atoms with Gasteiger partial charge in [-0.05, 0) is 35.6 Å². The van der Waals surface area contributed by atoms with E-state index in [0.29, 0.717) is 11.0 Å². The number of phenolic OH excluding ortho intramolecular Hbond substituents is 1. The maximum atomic E-state index is 14.0. The van der Waals surface area contributed by atoms with E-state index in [2.05, 4.69) is 9.97 Å². The van der Waals surface area contributed by atoms with Crippen molar-refractivity contribution in [3.63, 3.8) is 0 Å². The van der Waals surface area contributed by atoms with Crippen molar-refractivity contribution >= 4 is 11.0 Å². The summed E-state index contributed by atoms with van der Waals surface area (Å²) in [5.74, 6) is -0.951. The Hall–Kier alpha value is -2.61. The number of fused-ring (bicyclic) bond motifs is 1. The number of alkyl halides is 3. The van der Waals surface area contributed by atoms with Gasteiger partial charge in [-0.2, -0.15) is 13.2 Å². The Labute approximate surface area is 159 Å². The number of aromatic amines is 1. The highest BCUT2D eigenvalue weighted by Crippen LogP contribution is 2.43. The van der Waals surface area contributed by atoms with E-state index in [1.165, 1.54) is 19.9 Å². The molecule has 0 bridgehead atoms. The molecule has 0 fully saturated rings. The van der Waals surface area contributed by atoms with Gasteiger partial charge in [-0.3, -0.25) is 0 Å². The minimum atomic E-state index is -4.72. The van der Waals surface area contributed by atoms with Crippen LogP contribution in [0.15, 0.2) is 42.5 Å². The monoisotopic (exact) mass is 395 g/mol. The molecular formula is C20H21F4N3O. The van der Waals surface area contributed by atoms with Gasteiger partial charge in [0.05, 0.1) is 11.0 Å². The molecule has 0 spiro atoms. The number of rotatable bonds is 5. The maximum absolute atomic E-state index is 14.0. The maximum Gasteiger partial charge on any atom is 0.406 e. The van der Waals surface area contributed by atoms with Crippen LogP contribution in [-0.4, -0.2) is 26.8 Å². The van der Waals surface area contributed by atoms with Gasteiger partial charge in [-0.15, -0.1) is 0 Å². The number of phenols is 1. The lowest BCUT2D eigenvalue weighted by atomic mass is 9.72. The first-order valence-corrected chi connectivity index (χ1v) is 8.70. The Balaban J connectivity index is 1.96. The quantitative estimate of drug-likeness (QED) is 0.554. The van der Waals surface area contributed by atoms with Crippen LogP contribution in [0.4, 0.5) is 17.6 Å². The lowest BCUT2D eigenvalue weighted by Crippen LogP contribution is -2.58. The second kappa shape index (κ2) is 6.77. The van der Waals surface area contributed by atoms with Gasteiger partial charge in [0.25, 0.3) is 0 Å². The van der Waals surface area contributed by atoms with Crippen LogP contribution < -0.4 is 5.73 Å². The van der Waals surface area contributed by atoms with Crippen LogP contribution in [0.25, 0.3) is 11.0 Å². The highest BCUT2D eigenvalue weighted by Gasteiger charge is 2.54. The fraction of sp³-hybridized carbons (Fsp3) is 0.350. The third-order valence-electron chi connectivity index (χ3n) is 4.93. The molecule has 4 N–H and O–H groups in total. The van der Waals surface area contributed by atoms with Crippen LogP contribution in [0.2, 0.25) is 0 Å². The molecule has 0 aliphatic rings. The number of H-pyrrole nitrogens is 1. The number of aromatic hydroxyl groups is 1. The van der Waals surface area contributed by atoms with Gasteiger partial charge in [-0.1, -0.05) is 32.0 Å². The summed E-state index contributed by atoms with van der Waals surface area (Å²) in [6, 6.07) is 10.2. The molecule has 0 saturated heterocycles. The zero-order valence-electron chi connectivity index (χ0n) is 15.4. The summed E-state index contributed by atoms with van der Waals surface area (Å²) in [6.45, 7) is 3.07. The highest BCUT2D eigenvalue weighted by molar-refractivity contribution is 5.74. The van der Waals surface area contributed by atoms with E-state index in [-0.39, 0.29) is 11.4 Å². The standard InChI is InChI=1S/C20H21F4N3O/c1-18(2,13-8-7-12(21)9-16(13)28)11-19(25,20(22,23)24)10-17-26-14-5-3-4-6-15(14)27-17/h3-9,28H,10-11,25H2,1-2H3,(H,26,27). The molecule has 8 heteroatoms. The fourth-order valence-electron chi connectivity index (χ4n) is 3.61. The van der Waals surface area contributed by atoms with Gasteiger partial charge >= 0.3 is 6.18 Å². The predicted molar refractivity (Wildman–Crippen MR) is 98.5 cm³/mol. The smallest absolute Gasteiger partial charge is 0.406 e. The minimum absolute atomic E-state index is 0.125. The van der Waals surface area contributed by atoms with Crippen LogP contribution >= 0.6 is 0 Å². The largest absolute Gasteiger partial charge is 0.508 e. The summed E-state index contributed by atoms with van der Waals surface area (Å²) in [4.78, 5) is 7.09. The Morgan fingerprint density at radius 2 is 1.79 bits per heavy atom. The van der Waals surface area contributed by atoms with Crippen molar-refractivity contribution in [3.8, 4) is 5.75 Å². The Morgan fingerprint density at radius 3 is 2.39 bits per heavy atom. The number of hydrogen-bond acceptors (Lipinski definition) is 3. The molecule has 1 aromatic heterocycles. The van der Waals surface area contributed by atoms with Crippen molar-refractivity contribution in [1.29, 1.82) is 0 Å². The summed E-state index contributed by atoms with van der Waals surface area (Å²) < 4.78 is 55.2. The lowest BCUT2D eigenvalue weighted by Gasteiger charge is -2.38. The van der Waals surface area contributed by atoms with Crippen molar-refractivity contribution in [2.45, 2.75) is 43.8 Å². The van der Waals surface area contributed by atoms with Gasteiger partial charge in [0, 0.05) is 12.5 Å².